The Kier molecular flexibility index (Phi) is 6.07. The maximum atomic E-state index is 11.5. The van der Waals surface area contributed by atoms with Crippen LogP contribution in [0.5, 0.6) is 0 Å². The number of benzene rings is 2. The Hall–Kier alpha value is -3.67. The van der Waals surface area contributed by atoms with Crippen molar-refractivity contribution in [2.24, 2.45) is 5.92 Å². The number of nitrogens with one attached hydrogen (secondary N) is 1. The fourth-order valence-electron chi connectivity index (χ4n) is 4.63. The number of carbonyl (C=O) groups is 1. The number of anilines is 2. The van der Waals surface area contributed by atoms with Crippen LogP contribution in [0.4, 0.5) is 11.7 Å². The Bertz CT molecular complexity index is 1190. The van der Waals surface area contributed by atoms with Crippen molar-refractivity contribution in [3.05, 3.63) is 72.4 Å². The van der Waals surface area contributed by atoms with E-state index in [1.54, 1.807) is 6.20 Å². The Morgan fingerprint density at radius 3 is 2.52 bits per heavy atom. The molecular formula is C27H27N3O3. The number of hydrogen-bond donors (Lipinski definition) is 1. The minimum Gasteiger partial charge on any atom is -0.469 e. The van der Waals surface area contributed by atoms with Crippen LogP contribution in [0.1, 0.15) is 43.6 Å². The molecule has 0 atom stereocenters. The number of esters is 1. The molecule has 0 bridgehead atoms. The predicted octanol–water partition coefficient (Wildman–Crippen LogP) is 6.47. The van der Waals surface area contributed by atoms with Gasteiger partial charge in [-0.2, -0.15) is 4.98 Å². The Morgan fingerprint density at radius 2 is 1.82 bits per heavy atom. The third kappa shape index (κ3) is 4.90. The average molecular weight is 442 g/mol. The SMILES string of the molecule is COC(=O)CC1CCC(c2ccc(-c3ccc(Nc4nc5ccccc5o4)cn3)cc2)CC1. The van der Waals surface area contributed by atoms with Crippen LogP contribution in [-0.2, 0) is 9.53 Å². The van der Waals surface area contributed by atoms with Crippen molar-refractivity contribution < 1.29 is 13.9 Å². The Morgan fingerprint density at radius 1 is 1.03 bits per heavy atom. The highest BCUT2D eigenvalue weighted by Crippen LogP contribution is 2.37. The van der Waals surface area contributed by atoms with E-state index in [0.29, 0.717) is 24.3 Å². The maximum Gasteiger partial charge on any atom is 0.305 e. The lowest BCUT2D eigenvalue weighted by Gasteiger charge is -2.28. The number of para-hydroxylation sites is 2. The second kappa shape index (κ2) is 9.45. The molecule has 1 saturated carbocycles. The number of aromatic nitrogens is 2. The number of rotatable bonds is 6. The molecule has 0 amide bonds. The molecule has 2 aromatic carbocycles. The molecule has 2 aromatic heterocycles. The number of pyridine rings is 1. The summed E-state index contributed by atoms with van der Waals surface area (Å²) in [7, 11) is 1.46. The quantitative estimate of drug-likeness (QED) is 0.346. The second-order valence-electron chi connectivity index (χ2n) is 8.66. The highest BCUT2D eigenvalue weighted by atomic mass is 16.5. The zero-order valence-electron chi connectivity index (χ0n) is 18.7. The fraction of sp³-hybridized carbons (Fsp3) is 0.296. The van der Waals surface area contributed by atoms with Gasteiger partial charge in [-0.25, -0.2) is 0 Å². The number of methoxy groups -OCH3 is 1. The molecule has 6 nitrogen and oxygen atoms in total. The topological polar surface area (TPSA) is 77.2 Å². The average Bonchev–Trinajstić information content (AvgIpc) is 3.27. The van der Waals surface area contributed by atoms with E-state index in [1.807, 2.05) is 36.4 Å². The van der Waals surface area contributed by atoms with Crippen LogP contribution in [0.3, 0.4) is 0 Å². The van der Waals surface area contributed by atoms with E-state index in [0.717, 1.165) is 53.7 Å². The summed E-state index contributed by atoms with van der Waals surface area (Å²) in [6, 6.07) is 20.8. The number of hydrogen-bond acceptors (Lipinski definition) is 6. The fourth-order valence-corrected chi connectivity index (χ4v) is 4.63. The summed E-state index contributed by atoms with van der Waals surface area (Å²) < 4.78 is 10.5. The molecule has 0 radical (unpaired) electrons. The molecule has 0 saturated heterocycles. The first kappa shape index (κ1) is 21.2. The first-order valence-electron chi connectivity index (χ1n) is 11.4. The predicted molar refractivity (Wildman–Crippen MR) is 128 cm³/mol. The van der Waals surface area contributed by atoms with Gasteiger partial charge in [0.25, 0.3) is 6.01 Å². The highest BCUT2D eigenvalue weighted by molar-refractivity contribution is 5.75. The van der Waals surface area contributed by atoms with Gasteiger partial charge in [0.15, 0.2) is 5.58 Å². The second-order valence-corrected chi connectivity index (χ2v) is 8.66. The molecule has 33 heavy (non-hydrogen) atoms. The number of carbonyl (C=O) groups excluding carboxylic acids is 1. The van der Waals surface area contributed by atoms with Crippen LogP contribution < -0.4 is 5.32 Å². The van der Waals surface area contributed by atoms with Gasteiger partial charge in [-0.05, 0) is 67.3 Å². The van der Waals surface area contributed by atoms with Crippen molar-refractivity contribution in [3.8, 4) is 11.3 Å². The minimum absolute atomic E-state index is 0.0922. The van der Waals surface area contributed by atoms with Crippen LogP contribution in [0.15, 0.2) is 71.3 Å². The van der Waals surface area contributed by atoms with Crippen LogP contribution in [-0.4, -0.2) is 23.0 Å². The number of ether oxygens (including phenoxy) is 1. The van der Waals surface area contributed by atoms with Crippen LogP contribution >= 0.6 is 0 Å². The van der Waals surface area contributed by atoms with Gasteiger partial charge in [0.05, 0.1) is 24.7 Å². The largest absolute Gasteiger partial charge is 0.469 e. The molecular weight excluding hydrogens is 414 g/mol. The van der Waals surface area contributed by atoms with E-state index in [9.17, 15) is 4.79 Å². The van der Waals surface area contributed by atoms with Gasteiger partial charge in [0, 0.05) is 12.0 Å². The van der Waals surface area contributed by atoms with Crippen LogP contribution in [0, 0.1) is 5.92 Å². The van der Waals surface area contributed by atoms with Crippen molar-refractivity contribution in [2.75, 3.05) is 12.4 Å². The number of nitrogens with zero attached hydrogens (tertiary/aromatic N) is 2. The Balaban J connectivity index is 1.20. The summed E-state index contributed by atoms with van der Waals surface area (Å²) in [5, 5.41) is 3.17. The summed E-state index contributed by atoms with van der Waals surface area (Å²) >= 11 is 0. The van der Waals surface area contributed by atoms with Crippen molar-refractivity contribution in [1.82, 2.24) is 9.97 Å². The molecule has 1 N–H and O–H groups in total. The van der Waals surface area contributed by atoms with Gasteiger partial charge in [-0.1, -0.05) is 36.4 Å². The van der Waals surface area contributed by atoms with Gasteiger partial charge < -0.3 is 14.5 Å². The third-order valence-corrected chi connectivity index (χ3v) is 6.52. The van der Waals surface area contributed by atoms with Crippen LogP contribution in [0.25, 0.3) is 22.4 Å². The normalized spacial score (nSPS) is 18.2. The molecule has 5 rings (SSSR count). The molecule has 0 unspecified atom stereocenters. The molecule has 1 aliphatic rings. The van der Waals surface area contributed by atoms with Gasteiger partial charge in [-0.3, -0.25) is 9.78 Å². The summed E-state index contributed by atoms with van der Waals surface area (Å²) in [4.78, 5) is 20.6. The molecule has 4 aromatic rings. The molecule has 6 heteroatoms. The summed E-state index contributed by atoms with van der Waals surface area (Å²) in [5.41, 5.74) is 5.77. The van der Waals surface area contributed by atoms with E-state index < -0.39 is 0 Å². The molecule has 1 fully saturated rings. The summed E-state index contributed by atoms with van der Waals surface area (Å²) in [5.74, 6) is 0.924. The van der Waals surface area contributed by atoms with E-state index in [1.165, 1.54) is 12.7 Å². The molecule has 1 aliphatic carbocycles. The standard InChI is InChI=1S/C27H27N3O3/c1-32-26(31)16-18-6-8-19(9-7-18)20-10-12-21(13-11-20)23-15-14-22(17-28-23)29-27-30-24-4-2-3-5-25(24)33-27/h2-5,10-15,17-19H,6-9,16H2,1H3,(H,29,30). The van der Waals surface area contributed by atoms with Gasteiger partial charge >= 0.3 is 5.97 Å². The first-order chi connectivity index (χ1) is 16.2. The summed E-state index contributed by atoms with van der Waals surface area (Å²) in [6.07, 6.45) is 6.74. The zero-order valence-corrected chi connectivity index (χ0v) is 18.7. The molecule has 0 spiro atoms. The first-order valence-corrected chi connectivity index (χ1v) is 11.4. The molecule has 168 valence electrons. The van der Waals surface area contributed by atoms with Crippen molar-refractivity contribution in [3.63, 3.8) is 0 Å². The minimum atomic E-state index is -0.0922. The van der Waals surface area contributed by atoms with Crippen LogP contribution in [0.2, 0.25) is 0 Å². The van der Waals surface area contributed by atoms with E-state index >= 15 is 0 Å². The number of oxazole rings is 1. The number of fused-ring (bicyclic) bond motifs is 1. The molecule has 0 aliphatic heterocycles. The smallest absolute Gasteiger partial charge is 0.305 e. The van der Waals surface area contributed by atoms with E-state index in [2.05, 4.69) is 39.6 Å². The van der Waals surface area contributed by atoms with Crippen molar-refractivity contribution >= 4 is 28.8 Å². The van der Waals surface area contributed by atoms with Crippen molar-refractivity contribution in [1.29, 1.82) is 0 Å². The lowest BCUT2D eigenvalue weighted by atomic mass is 9.77. The lowest BCUT2D eigenvalue weighted by molar-refractivity contribution is -0.142. The monoisotopic (exact) mass is 441 g/mol. The van der Waals surface area contributed by atoms with Gasteiger partial charge in [-0.15, -0.1) is 0 Å². The lowest BCUT2D eigenvalue weighted by Crippen LogP contribution is -2.17. The van der Waals surface area contributed by atoms with Gasteiger partial charge in [0.2, 0.25) is 0 Å². The van der Waals surface area contributed by atoms with E-state index in [-0.39, 0.29) is 5.97 Å². The maximum absolute atomic E-state index is 11.5. The third-order valence-electron chi connectivity index (χ3n) is 6.52. The van der Waals surface area contributed by atoms with E-state index in [4.69, 9.17) is 9.15 Å². The molecule has 2 heterocycles. The van der Waals surface area contributed by atoms with Gasteiger partial charge in [0.1, 0.15) is 5.52 Å². The highest BCUT2D eigenvalue weighted by Gasteiger charge is 2.24. The Labute approximate surface area is 193 Å². The van der Waals surface area contributed by atoms with Crippen molar-refractivity contribution in [2.45, 2.75) is 38.0 Å². The zero-order chi connectivity index (χ0) is 22.6. The summed E-state index contributed by atoms with van der Waals surface area (Å²) in [6.45, 7) is 0.